The number of hydrogen-bond donors (Lipinski definition) is 0. The Hall–Kier alpha value is -4.56. The first kappa shape index (κ1) is 19.0. The van der Waals surface area contributed by atoms with Gasteiger partial charge in [0.15, 0.2) is 5.82 Å². The van der Waals surface area contributed by atoms with E-state index in [0.29, 0.717) is 0 Å². The first-order valence-corrected chi connectivity index (χ1v) is 11.5. The van der Waals surface area contributed by atoms with Gasteiger partial charge in [-0.3, -0.25) is 0 Å². The van der Waals surface area contributed by atoms with E-state index in [1.165, 1.54) is 38.4 Å². The van der Waals surface area contributed by atoms with Crippen molar-refractivity contribution < 1.29 is 0 Å². The zero-order valence-electron chi connectivity index (χ0n) is 18.4. The predicted octanol–water partition coefficient (Wildman–Crippen LogP) is 8.38. The van der Waals surface area contributed by atoms with Gasteiger partial charge < -0.3 is 0 Å². The van der Waals surface area contributed by atoms with E-state index in [2.05, 4.69) is 103 Å². The molecular weight excluding hydrogens is 412 g/mol. The molecule has 2 heteroatoms. The van der Waals surface area contributed by atoms with E-state index in [-0.39, 0.29) is 0 Å². The maximum absolute atomic E-state index is 4.99. The summed E-state index contributed by atoms with van der Waals surface area (Å²) in [7, 11) is 0. The summed E-state index contributed by atoms with van der Waals surface area (Å²) in [5.74, 6) is 0.762. The Morgan fingerprint density at radius 2 is 0.824 bits per heavy atom. The lowest BCUT2D eigenvalue weighted by Crippen LogP contribution is -1.96. The second kappa shape index (κ2) is 7.50. The first-order chi connectivity index (χ1) is 16.9. The molecule has 158 valence electrons. The highest BCUT2D eigenvalue weighted by Gasteiger charge is 2.18. The molecule has 1 aromatic heterocycles. The van der Waals surface area contributed by atoms with Crippen LogP contribution in [0.4, 0.5) is 0 Å². The van der Waals surface area contributed by atoms with Crippen molar-refractivity contribution >= 4 is 32.6 Å². The smallest absolute Gasteiger partial charge is 0.160 e. The molecule has 0 amide bonds. The second-order valence-corrected chi connectivity index (χ2v) is 8.63. The van der Waals surface area contributed by atoms with E-state index >= 15 is 0 Å². The Bertz CT molecular complexity index is 1670. The molecule has 0 N–H and O–H groups in total. The minimum absolute atomic E-state index is 0.762. The molecule has 0 atom stereocenters. The highest BCUT2D eigenvalue weighted by atomic mass is 14.9. The summed E-state index contributed by atoms with van der Waals surface area (Å²) in [5, 5.41) is 4.82. The van der Waals surface area contributed by atoms with Crippen LogP contribution in [0.5, 0.6) is 0 Å². The lowest BCUT2D eigenvalue weighted by Gasteiger charge is -2.18. The topological polar surface area (TPSA) is 25.8 Å². The third-order valence-electron chi connectivity index (χ3n) is 6.64. The summed E-state index contributed by atoms with van der Waals surface area (Å²) in [6.07, 6.45) is 0. The van der Waals surface area contributed by atoms with Crippen molar-refractivity contribution in [3.63, 3.8) is 0 Å². The fraction of sp³-hybridized carbons (Fsp3) is 0. The van der Waals surface area contributed by atoms with Crippen LogP contribution in [-0.4, -0.2) is 9.97 Å². The third kappa shape index (κ3) is 2.89. The average Bonchev–Trinajstić information content (AvgIpc) is 2.92. The molecule has 34 heavy (non-hydrogen) atoms. The summed E-state index contributed by atoms with van der Waals surface area (Å²) in [6, 6.07) is 42.6. The first-order valence-electron chi connectivity index (χ1n) is 11.5. The van der Waals surface area contributed by atoms with Crippen molar-refractivity contribution in [3.05, 3.63) is 121 Å². The van der Waals surface area contributed by atoms with Crippen LogP contribution in [-0.2, 0) is 0 Å². The van der Waals surface area contributed by atoms with Gasteiger partial charge in [-0.2, -0.15) is 0 Å². The molecule has 0 aliphatic rings. The lowest BCUT2D eigenvalue weighted by atomic mass is 9.87. The van der Waals surface area contributed by atoms with Gasteiger partial charge in [-0.25, -0.2) is 9.97 Å². The van der Waals surface area contributed by atoms with Crippen LogP contribution < -0.4 is 0 Å². The molecule has 7 rings (SSSR count). The van der Waals surface area contributed by atoms with Gasteiger partial charge in [0.05, 0.1) is 11.0 Å². The monoisotopic (exact) mass is 432 g/mol. The minimum atomic E-state index is 0.762. The molecule has 0 bridgehead atoms. The fourth-order valence-electron chi connectivity index (χ4n) is 5.08. The minimum Gasteiger partial charge on any atom is -0.228 e. The Kier molecular flexibility index (Phi) is 4.18. The molecule has 0 saturated carbocycles. The molecule has 2 nitrogen and oxygen atoms in total. The predicted molar refractivity (Wildman–Crippen MR) is 142 cm³/mol. The van der Waals surface area contributed by atoms with Crippen molar-refractivity contribution in [2.45, 2.75) is 0 Å². The summed E-state index contributed by atoms with van der Waals surface area (Å²) in [4.78, 5) is 9.98. The van der Waals surface area contributed by atoms with Crippen molar-refractivity contribution in [2.75, 3.05) is 0 Å². The quantitative estimate of drug-likeness (QED) is 0.262. The second-order valence-electron chi connectivity index (χ2n) is 8.63. The molecule has 7 aromatic rings. The van der Waals surface area contributed by atoms with Gasteiger partial charge in [-0.1, -0.05) is 103 Å². The van der Waals surface area contributed by atoms with Crippen molar-refractivity contribution in [2.24, 2.45) is 0 Å². The molecule has 0 spiro atoms. The number of benzene rings is 6. The fourth-order valence-corrected chi connectivity index (χ4v) is 5.08. The summed E-state index contributed by atoms with van der Waals surface area (Å²) < 4.78 is 0. The van der Waals surface area contributed by atoms with Crippen molar-refractivity contribution in [1.82, 2.24) is 9.97 Å². The highest BCUT2D eigenvalue weighted by Crippen LogP contribution is 2.43. The van der Waals surface area contributed by atoms with Gasteiger partial charge in [0.2, 0.25) is 0 Å². The Labute approximate surface area is 197 Å². The average molecular weight is 433 g/mol. The van der Waals surface area contributed by atoms with Gasteiger partial charge in [-0.15, -0.1) is 0 Å². The summed E-state index contributed by atoms with van der Waals surface area (Å²) in [6.45, 7) is 0. The standard InChI is InChI=1S/C32H20N2/c1-4-10-21(11-5-1)26-20-27(22-12-6-2-7-13-22)25-17-19-29-31-28(18-16-24(26)30(25)31)33-32(34-29)23-14-8-3-9-15-23/h1-20H. The molecule has 0 saturated heterocycles. The van der Waals surface area contributed by atoms with Crippen LogP contribution in [0.15, 0.2) is 121 Å². The Balaban J connectivity index is 1.62. The van der Waals surface area contributed by atoms with E-state index in [1.807, 2.05) is 18.2 Å². The molecule has 0 fully saturated rings. The SMILES string of the molecule is c1ccc(-c2nc3ccc4c(-c5ccccc5)cc(-c5ccccc5)c5ccc(n2)c3c45)cc1. The normalized spacial score (nSPS) is 11.5. The number of rotatable bonds is 3. The van der Waals surface area contributed by atoms with Crippen molar-refractivity contribution in [3.8, 4) is 33.6 Å². The summed E-state index contributed by atoms with van der Waals surface area (Å²) >= 11 is 0. The largest absolute Gasteiger partial charge is 0.228 e. The van der Waals surface area contributed by atoms with Gasteiger partial charge in [0, 0.05) is 16.3 Å². The molecule has 0 unspecified atom stereocenters. The third-order valence-corrected chi connectivity index (χ3v) is 6.64. The summed E-state index contributed by atoms with van der Waals surface area (Å²) in [5.41, 5.74) is 7.87. The molecule has 1 heterocycles. The maximum Gasteiger partial charge on any atom is 0.160 e. The molecule has 0 aliphatic carbocycles. The molecular formula is C32H20N2. The van der Waals surface area contributed by atoms with Gasteiger partial charge in [0.25, 0.3) is 0 Å². The van der Waals surface area contributed by atoms with Crippen LogP contribution in [0.3, 0.4) is 0 Å². The molecule has 0 aliphatic heterocycles. The molecule has 6 aromatic carbocycles. The van der Waals surface area contributed by atoms with Crippen LogP contribution in [0.2, 0.25) is 0 Å². The maximum atomic E-state index is 4.99. The van der Waals surface area contributed by atoms with Crippen LogP contribution >= 0.6 is 0 Å². The highest BCUT2D eigenvalue weighted by molar-refractivity contribution is 6.27. The van der Waals surface area contributed by atoms with Crippen LogP contribution in [0.25, 0.3) is 66.2 Å². The van der Waals surface area contributed by atoms with E-state index in [1.54, 1.807) is 0 Å². The van der Waals surface area contributed by atoms with E-state index in [0.717, 1.165) is 27.8 Å². The Morgan fingerprint density at radius 1 is 0.382 bits per heavy atom. The lowest BCUT2D eigenvalue weighted by molar-refractivity contribution is 1.26. The van der Waals surface area contributed by atoms with E-state index < -0.39 is 0 Å². The van der Waals surface area contributed by atoms with E-state index in [9.17, 15) is 0 Å². The van der Waals surface area contributed by atoms with Gasteiger partial charge in [-0.05, 0) is 51.2 Å². The van der Waals surface area contributed by atoms with Crippen LogP contribution in [0.1, 0.15) is 0 Å². The van der Waals surface area contributed by atoms with E-state index in [4.69, 9.17) is 9.97 Å². The zero-order valence-corrected chi connectivity index (χ0v) is 18.4. The van der Waals surface area contributed by atoms with Crippen molar-refractivity contribution in [1.29, 1.82) is 0 Å². The zero-order chi connectivity index (χ0) is 22.5. The number of aromatic nitrogens is 2. The van der Waals surface area contributed by atoms with Gasteiger partial charge in [0.1, 0.15) is 0 Å². The number of hydrogen-bond acceptors (Lipinski definition) is 2. The molecule has 0 radical (unpaired) electrons. The number of nitrogens with zero attached hydrogens (tertiary/aromatic N) is 2. The van der Waals surface area contributed by atoms with Gasteiger partial charge >= 0.3 is 0 Å². The van der Waals surface area contributed by atoms with Crippen LogP contribution in [0, 0.1) is 0 Å². The Morgan fingerprint density at radius 3 is 1.29 bits per heavy atom.